The monoisotopic (exact) mass is 173 g/mol. The molecular formula is C8H15NOS. The molecule has 0 aromatic heterocycles. The molecule has 0 N–H and O–H groups in total. The zero-order chi connectivity index (χ0) is 8.27. The van der Waals surface area contributed by atoms with Gasteiger partial charge in [-0.3, -0.25) is 0 Å². The molecule has 1 rings (SSSR count). The third-order valence-corrected chi connectivity index (χ3v) is 2.80. The van der Waals surface area contributed by atoms with E-state index in [9.17, 15) is 4.55 Å². The Morgan fingerprint density at radius 1 is 1.64 bits per heavy atom. The second-order valence-electron chi connectivity index (χ2n) is 3.47. The van der Waals surface area contributed by atoms with Gasteiger partial charge in [-0.25, -0.2) is 0 Å². The van der Waals surface area contributed by atoms with Crippen molar-refractivity contribution in [1.82, 2.24) is 0 Å². The zero-order valence-electron chi connectivity index (χ0n) is 7.12. The lowest BCUT2D eigenvalue weighted by Gasteiger charge is -2.04. The summed E-state index contributed by atoms with van der Waals surface area (Å²) in [6.07, 6.45) is 4.34. The van der Waals surface area contributed by atoms with Crippen molar-refractivity contribution in [2.75, 3.05) is 5.75 Å². The Labute approximate surface area is 71.4 Å². The maximum absolute atomic E-state index is 11.1. The second-order valence-corrected chi connectivity index (χ2v) is 4.66. The topological polar surface area (TPSA) is 35.4 Å². The van der Waals surface area contributed by atoms with Gasteiger partial charge in [0.2, 0.25) is 0 Å². The summed E-state index contributed by atoms with van der Waals surface area (Å²) in [5, 5.41) is 0. The van der Waals surface area contributed by atoms with E-state index in [1.165, 1.54) is 12.8 Å². The van der Waals surface area contributed by atoms with Gasteiger partial charge in [0.25, 0.3) is 0 Å². The summed E-state index contributed by atoms with van der Waals surface area (Å²) in [6, 6.07) is 0. The quantitative estimate of drug-likeness (QED) is 0.471. The SMILES string of the molecule is CC(C)C[S+]([O-])N=CC1CC1. The van der Waals surface area contributed by atoms with Gasteiger partial charge in [-0.05, 0) is 18.8 Å². The van der Waals surface area contributed by atoms with Crippen LogP contribution in [0.1, 0.15) is 26.7 Å². The molecule has 1 atom stereocenters. The third kappa shape index (κ3) is 4.43. The molecule has 0 radical (unpaired) electrons. The molecule has 0 aromatic carbocycles. The van der Waals surface area contributed by atoms with E-state index in [0.29, 0.717) is 17.6 Å². The van der Waals surface area contributed by atoms with Crippen LogP contribution in [0.25, 0.3) is 0 Å². The standard InChI is InChI=1S/C8H15NOS/c1-7(2)6-11(10)9-5-8-3-4-8/h5,7-8H,3-4,6H2,1-2H3. The number of hydrogen-bond acceptors (Lipinski definition) is 2. The molecule has 1 fully saturated rings. The molecule has 64 valence electrons. The van der Waals surface area contributed by atoms with E-state index in [1.54, 1.807) is 0 Å². The number of hydrogen-bond donors (Lipinski definition) is 0. The van der Waals surface area contributed by atoms with Crippen LogP contribution in [-0.4, -0.2) is 16.5 Å². The Bertz CT molecular complexity index is 143. The van der Waals surface area contributed by atoms with Crippen LogP contribution in [0, 0.1) is 11.8 Å². The summed E-state index contributed by atoms with van der Waals surface area (Å²) in [7, 11) is 0. The molecule has 0 spiro atoms. The molecule has 0 saturated heterocycles. The van der Waals surface area contributed by atoms with Gasteiger partial charge >= 0.3 is 0 Å². The molecule has 1 aliphatic rings. The summed E-state index contributed by atoms with van der Waals surface area (Å²) in [4.78, 5) is 0. The molecule has 1 saturated carbocycles. The van der Waals surface area contributed by atoms with Crippen molar-refractivity contribution in [2.24, 2.45) is 16.2 Å². The number of nitrogens with zero attached hydrogens (tertiary/aromatic N) is 1. The maximum atomic E-state index is 11.1. The van der Waals surface area contributed by atoms with Crippen LogP contribution < -0.4 is 0 Å². The fourth-order valence-electron chi connectivity index (χ4n) is 0.727. The van der Waals surface area contributed by atoms with Crippen molar-refractivity contribution in [3.63, 3.8) is 0 Å². The molecule has 0 aromatic rings. The van der Waals surface area contributed by atoms with E-state index < -0.39 is 11.4 Å². The van der Waals surface area contributed by atoms with Crippen LogP contribution in [-0.2, 0) is 11.4 Å². The largest absolute Gasteiger partial charge is 0.591 e. The van der Waals surface area contributed by atoms with E-state index in [2.05, 4.69) is 18.2 Å². The van der Waals surface area contributed by atoms with Crippen molar-refractivity contribution in [3.8, 4) is 0 Å². The van der Waals surface area contributed by atoms with E-state index in [-0.39, 0.29) is 0 Å². The van der Waals surface area contributed by atoms with Crippen molar-refractivity contribution < 1.29 is 4.55 Å². The van der Waals surface area contributed by atoms with Gasteiger partial charge in [0.15, 0.2) is 0 Å². The van der Waals surface area contributed by atoms with E-state index >= 15 is 0 Å². The van der Waals surface area contributed by atoms with Crippen LogP contribution in [0.2, 0.25) is 0 Å². The highest BCUT2D eigenvalue weighted by atomic mass is 32.2. The molecule has 1 unspecified atom stereocenters. The van der Waals surface area contributed by atoms with Crippen LogP contribution >= 0.6 is 0 Å². The summed E-state index contributed by atoms with van der Waals surface area (Å²) < 4.78 is 15.1. The Morgan fingerprint density at radius 3 is 2.73 bits per heavy atom. The van der Waals surface area contributed by atoms with Gasteiger partial charge in [-0.15, -0.1) is 0 Å². The second kappa shape index (κ2) is 4.12. The first-order chi connectivity index (χ1) is 5.18. The molecular weight excluding hydrogens is 158 g/mol. The van der Waals surface area contributed by atoms with Crippen LogP contribution in [0.15, 0.2) is 4.40 Å². The Balaban J connectivity index is 2.13. The summed E-state index contributed by atoms with van der Waals surface area (Å²) >= 11 is -0.961. The van der Waals surface area contributed by atoms with Crippen LogP contribution in [0.5, 0.6) is 0 Å². The van der Waals surface area contributed by atoms with E-state index in [4.69, 9.17) is 0 Å². The molecule has 0 amide bonds. The molecule has 0 bridgehead atoms. The van der Waals surface area contributed by atoms with Crippen molar-refractivity contribution in [2.45, 2.75) is 26.7 Å². The van der Waals surface area contributed by atoms with E-state index in [1.807, 2.05) is 6.21 Å². The van der Waals surface area contributed by atoms with Crippen LogP contribution in [0.4, 0.5) is 0 Å². The fourth-order valence-corrected chi connectivity index (χ4v) is 1.69. The smallest absolute Gasteiger partial charge is 0.135 e. The summed E-state index contributed by atoms with van der Waals surface area (Å²) in [5.74, 6) is 1.82. The molecule has 2 nitrogen and oxygen atoms in total. The minimum Gasteiger partial charge on any atom is -0.591 e. The highest BCUT2D eigenvalue weighted by Gasteiger charge is 2.20. The van der Waals surface area contributed by atoms with Crippen molar-refractivity contribution in [1.29, 1.82) is 0 Å². The van der Waals surface area contributed by atoms with Gasteiger partial charge < -0.3 is 4.55 Å². The van der Waals surface area contributed by atoms with Crippen LogP contribution in [0.3, 0.4) is 0 Å². The molecule has 1 aliphatic carbocycles. The highest BCUT2D eigenvalue weighted by Crippen LogP contribution is 2.26. The molecule has 0 aliphatic heterocycles. The molecule has 11 heavy (non-hydrogen) atoms. The predicted molar refractivity (Wildman–Crippen MR) is 49.1 cm³/mol. The summed E-state index contributed by atoms with van der Waals surface area (Å²) in [5.41, 5.74) is 0. The number of rotatable bonds is 4. The van der Waals surface area contributed by atoms with Gasteiger partial charge in [0, 0.05) is 5.92 Å². The molecule has 0 heterocycles. The first-order valence-electron chi connectivity index (χ1n) is 4.11. The minimum absolute atomic E-state index is 0.479. The van der Waals surface area contributed by atoms with Gasteiger partial charge in [0.1, 0.15) is 5.75 Å². The Morgan fingerprint density at radius 2 is 2.27 bits per heavy atom. The normalized spacial score (nSPS) is 21.5. The lowest BCUT2D eigenvalue weighted by molar-refractivity contribution is 0.583. The average molecular weight is 173 g/mol. The summed E-state index contributed by atoms with van der Waals surface area (Å²) in [6.45, 7) is 4.12. The minimum atomic E-state index is -0.961. The van der Waals surface area contributed by atoms with Crippen molar-refractivity contribution >= 4 is 17.6 Å². The van der Waals surface area contributed by atoms with E-state index in [0.717, 1.165) is 0 Å². The van der Waals surface area contributed by atoms with Crippen molar-refractivity contribution in [3.05, 3.63) is 0 Å². The lowest BCUT2D eigenvalue weighted by Crippen LogP contribution is -2.08. The lowest BCUT2D eigenvalue weighted by atomic mass is 10.3. The molecule has 3 heteroatoms. The Kier molecular flexibility index (Phi) is 3.40. The Hall–Kier alpha value is -0.0200. The first-order valence-corrected chi connectivity index (χ1v) is 5.38. The third-order valence-electron chi connectivity index (χ3n) is 1.49. The van der Waals surface area contributed by atoms with Gasteiger partial charge in [-0.2, -0.15) is 0 Å². The predicted octanol–water partition coefficient (Wildman–Crippen LogP) is 1.79. The highest BCUT2D eigenvalue weighted by molar-refractivity contribution is 7.90. The maximum Gasteiger partial charge on any atom is 0.135 e. The fraction of sp³-hybridized carbons (Fsp3) is 0.875. The first kappa shape index (κ1) is 9.07. The van der Waals surface area contributed by atoms with Gasteiger partial charge in [0.05, 0.1) is 17.6 Å². The van der Waals surface area contributed by atoms with Gasteiger partial charge in [-0.1, -0.05) is 18.2 Å². The average Bonchev–Trinajstić information content (AvgIpc) is 2.63. The zero-order valence-corrected chi connectivity index (χ0v) is 7.93.